The van der Waals surface area contributed by atoms with E-state index in [-0.39, 0.29) is 0 Å². The summed E-state index contributed by atoms with van der Waals surface area (Å²) in [5.74, 6) is 0. The number of hydrogen-bond acceptors (Lipinski definition) is 4. The van der Waals surface area contributed by atoms with Gasteiger partial charge in [-0.3, -0.25) is 4.79 Å². The van der Waals surface area contributed by atoms with Crippen molar-refractivity contribution in [3.63, 3.8) is 0 Å². The second kappa shape index (κ2) is 2.12. The third-order valence-electron chi connectivity index (χ3n) is 1.32. The Morgan fingerprint density at radius 1 is 1.36 bits per heavy atom. The van der Waals surface area contributed by atoms with Crippen molar-refractivity contribution in [2.24, 2.45) is 0 Å². The molecule has 2 aromatic heterocycles. The van der Waals surface area contributed by atoms with Gasteiger partial charge < -0.3 is 0 Å². The van der Waals surface area contributed by atoms with E-state index in [1.807, 2.05) is 0 Å². The molecule has 0 aromatic carbocycles. The highest BCUT2D eigenvalue weighted by molar-refractivity contribution is 5.80. The van der Waals surface area contributed by atoms with E-state index in [9.17, 15) is 4.79 Å². The fraction of sp³-hybridized carbons (Fsp3) is 0. The molecule has 2 heterocycles. The maximum Gasteiger partial charge on any atom is 0.184 e. The van der Waals surface area contributed by atoms with Crippen LogP contribution < -0.4 is 0 Å². The molecule has 0 aliphatic rings. The normalized spacial score (nSPS) is 10.2. The lowest BCUT2D eigenvalue weighted by Crippen LogP contribution is -1.91. The van der Waals surface area contributed by atoms with Crippen molar-refractivity contribution in [3.8, 4) is 0 Å². The van der Waals surface area contributed by atoms with Crippen LogP contribution in [0.2, 0.25) is 0 Å². The van der Waals surface area contributed by atoms with Gasteiger partial charge >= 0.3 is 0 Å². The number of aldehydes is 1. The molecule has 2 rings (SSSR count). The summed E-state index contributed by atoms with van der Waals surface area (Å²) < 4.78 is 1.45. The van der Waals surface area contributed by atoms with E-state index in [2.05, 4.69) is 15.1 Å². The lowest BCUT2D eigenvalue weighted by Gasteiger charge is -1.86. The monoisotopic (exact) mass is 148 g/mol. The van der Waals surface area contributed by atoms with Gasteiger partial charge in [0.2, 0.25) is 0 Å². The molecular formula is C6H4N4O. The fourth-order valence-corrected chi connectivity index (χ4v) is 0.845. The van der Waals surface area contributed by atoms with E-state index < -0.39 is 0 Å². The lowest BCUT2D eigenvalue weighted by atomic mass is 10.5. The molecule has 0 unspecified atom stereocenters. The Kier molecular flexibility index (Phi) is 1.15. The smallest absolute Gasteiger partial charge is 0.184 e. The summed E-state index contributed by atoms with van der Waals surface area (Å²) >= 11 is 0. The number of hydrogen-bond donors (Lipinski definition) is 0. The summed E-state index contributed by atoms with van der Waals surface area (Å²) in [6.07, 6.45) is 5.16. The van der Waals surface area contributed by atoms with Gasteiger partial charge in [-0.1, -0.05) is 0 Å². The van der Waals surface area contributed by atoms with Crippen LogP contribution in [-0.2, 0) is 0 Å². The van der Waals surface area contributed by atoms with Gasteiger partial charge in [-0.2, -0.15) is 5.10 Å². The van der Waals surface area contributed by atoms with Crippen LogP contribution in [0, 0.1) is 0 Å². The molecule has 0 spiro atoms. The quantitative estimate of drug-likeness (QED) is 0.531. The van der Waals surface area contributed by atoms with E-state index in [1.165, 1.54) is 23.2 Å². The molecule has 0 fully saturated rings. The van der Waals surface area contributed by atoms with Crippen LogP contribution in [0.4, 0.5) is 0 Å². The minimum absolute atomic E-state index is 0.318. The van der Waals surface area contributed by atoms with E-state index in [0.717, 1.165) is 0 Å². The molecule has 5 heteroatoms. The molecule has 0 radical (unpaired) electrons. The minimum atomic E-state index is 0.318. The zero-order valence-corrected chi connectivity index (χ0v) is 5.51. The third kappa shape index (κ3) is 0.778. The zero-order chi connectivity index (χ0) is 7.68. The maximum absolute atomic E-state index is 10.3. The Balaban J connectivity index is 2.86. The van der Waals surface area contributed by atoms with Crippen LogP contribution in [0.15, 0.2) is 18.7 Å². The second-order valence-electron chi connectivity index (χ2n) is 1.96. The highest BCUT2D eigenvalue weighted by atomic mass is 16.1. The van der Waals surface area contributed by atoms with Gasteiger partial charge in [-0.15, -0.1) is 0 Å². The fourth-order valence-electron chi connectivity index (χ4n) is 0.845. The largest absolute Gasteiger partial charge is 0.296 e. The van der Waals surface area contributed by atoms with Crippen molar-refractivity contribution >= 4 is 11.9 Å². The number of aromatic nitrogens is 4. The maximum atomic E-state index is 10.3. The molecule has 5 nitrogen and oxygen atoms in total. The van der Waals surface area contributed by atoms with Gasteiger partial charge in [-0.25, -0.2) is 14.5 Å². The van der Waals surface area contributed by atoms with Gasteiger partial charge in [0.25, 0.3) is 0 Å². The van der Waals surface area contributed by atoms with Gasteiger partial charge in [-0.05, 0) is 0 Å². The Labute approximate surface area is 61.7 Å². The standard InChI is InChI=1S/C6H4N4O/c11-3-5-6-7-1-2-9-10(6)4-8-5/h1-4H. The number of fused-ring (bicyclic) bond motifs is 1. The molecule has 0 N–H and O–H groups in total. The first-order chi connectivity index (χ1) is 5.42. The lowest BCUT2D eigenvalue weighted by molar-refractivity contribution is 0.112. The molecule has 0 atom stereocenters. The van der Waals surface area contributed by atoms with E-state index >= 15 is 0 Å². The molecule has 0 aliphatic carbocycles. The second-order valence-corrected chi connectivity index (χ2v) is 1.96. The zero-order valence-electron chi connectivity index (χ0n) is 5.51. The molecule has 54 valence electrons. The van der Waals surface area contributed by atoms with E-state index in [4.69, 9.17) is 0 Å². The Bertz CT molecular complexity index is 394. The summed E-state index contributed by atoms with van der Waals surface area (Å²) in [5.41, 5.74) is 0.806. The van der Waals surface area contributed by atoms with Crippen LogP contribution in [0.5, 0.6) is 0 Å². The minimum Gasteiger partial charge on any atom is -0.296 e. The Morgan fingerprint density at radius 3 is 3.09 bits per heavy atom. The van der Waals surface area contributed by atoms with Crippen molar-refractivity contribution in [2.75, 3.05) is 0 Å². The van der Waals surface area contributed by atoms with Crippen molar-refractivity contribution in [2.45, 2.75) is 0 Å². The van der Waals surface area contributed by atoms with Crippen molar-refractivity contribution in [1.82, 2.24) is 19.6 Å². The highest BCUT2D eigenvalue weighted by Gasteiger charge is 2.02. The number of carbonyl (C=O) groups is 1. The predicted octanol–water partition coefficient (Wildman–Crippen LogP) is -0.0632. The van der Waals surface area contributed by atoms with E-state index in [1.54, 1.807) is 0 Å². The highest BCUT2D eigenvalue weighted by Crippen LogP contribution is 1.99. The molecule has 0 saturated carbocycles. The molecule has 2 aromatic rings. The van der Waals surface area contributed by atoms with Gasteiger partial charge in [0.1, 0.15) is 12.0 Å². The number of rotatable bonds is 1. The topological polar surface area (TPSA) is 60.2 Å². The molecular weight excluding hydrogens is 144 g/mol. The number of carbonyl (C=O) groups excluding carboxylic acids is 1. The van der Waals surface area contributed by atoms with Crippen molar-refractivity contribution < 1.29 is 4.79 Å². The molecule has 11 heavy (non-hydrogen) atoms. The number of imidazole rings is 1. The third-order valence-corrected chi connectivity index (χ3v) is 1.32. The summed E-state index contributed by atoms with van der Waals surface area (Å²) in [7, 11) is 0. The molecule has 0 bridgehead atoms. The molecule has 0 saturated heterocycles. The summed E-state index contributed by atoms with van der Waals surface area (Å²) in [6, 6.07) is 0. The first-order valence-corrected chi connectivity index (χ1v) is 3.01. The van der Waals surface area contributed by atoms with Gasteiger partial charge in [0.15, 0.2) is 11.9 Å². The van der Waals surface area contributed by atoms with Crippen LogP contribution in [-0.4, -0.2) is 25.9 Å². The van der Waals surface area contributed by atoms with Crippen molar-refractivity contribution in [3.05, 3.63) is 24.4 Å². The summed E-state index contributed by atoms with van der Waals surface area (Å²) in [4.78, 5) is 18.0. The average molecular weight is 148 g/mol. The summed E-state index contributed by atoms with van der Waals surface area (Å²) in [6.45, 7) is 0. The molecule has 0 amide bonds. The van der Waals surface area contributed by atoms with Crippen LogP contribution in [0.25, 0.3) is 5.65 Å². The van der Waals surface area contributed by atoms with Gasteiger partial charge in [0.05, 0.1) is 6.20 Å². The number of nitrogens with zero attached hydrogens (tertiary/aromatic N) is 4. The molecule has 0 aliphatic heterocycles. The summed E-state index contributed by atoms with van der Waals surface area (Å²) in [5, 5.41) is 3.88. The first kappa shape index (κ1) is 5.96. The SMILES string of the molecule is O=Cc1ncn2nccnc12. The Hall–Kier alpha value is -1.78. The van der Waals surface area contributed by atoms with E-state index in [0.29, 0.717) is 17.6 Å². The average Bonchev–Trinajstić information content (AvgIpc) is 2.47. The van der Waals surface area contributed by atoms with Crippen LogP contribution in [0.1, 0.15) is 10.5 Å². The van der Waals surface area contributed by atoms with Gasteiger partial charge in [0, 0.05) is 6.20 Å². The van der Waals surface area contributed by atoms with Crippen LogP contribution in [0.3, 0.4) is 0 Å². The predicted molar refractivity (Wildman–Crippen MR) is 36.2 cm³/mol. The Morgan fingerprint density at radius 2 is 2.27 bits per heavy atom. The van der Waals surface area contributed by atoms with Crippen LogP contribution >= 0.6 is 0 Å². The van der Waals surface area contributed by atoms with Crippen molar-refractivity contribution in [1.29, 1.82) is 0 Å². The first-order valence-electron chi connectivity index (χ1n) is 3.01.